The molecule has 1 aromatic heterocycles. The van der Waals surface area contributed by atoms with Gasteiger partial charge in [0, 0.05) is 27.5 Å². The summed E-state index contributed by atoms with van der Waals surface area (Å²) in [4.78, 5) is 8.64. The third-order valence-electron chi connectivity index (χ3n) is 4.67. The first-order valence-corrected chi connectivity index (χ1v) is 12.3. The number of aliphatic imine (C=N–C) groups is 1. The number of aromatic nitrogens is 2. The minimum Gasteiger partial charge on any atom is -0.369 e. The number of hydrogen-bond acceptors (Lipinski definition) is 4. The van der Waals surface area contributed by atoms with Gasteiger partial charge in [0.2, 0.25) is 16.0 Å². The highest BCUT2D eigenvalue weighted by Gasteiger charge is 2.30. The van der Waals surface area contributed by atoms with Crippen molar-refractivity contribution in [2.24, 2.45) is 10.7 Å². The van der Waals surface area contributed by atoms with Crippen LogP contribution in [0.25, 0.3) is 0 Å². The molecule has 0 amide bonds. The van der Waals surface area contributed by atoms with Crippen LogP contribution in [0.4, 0.5) is 5.69 Å². The van der Waals surface area contributed by atoms with Crippen LogP contribution in [0.1, 0.15) is 25.5 Å². The molecule has 3 aromatic rings. The molecule has 2 aromatic carbocycles. The molecular formula is C21H22Cl3N5O2S. The molecule has 0 fully saturated rings. The average Bonchev–Trinajstić information content (AvgIpc) is 3.22. The fraction of sp³-hybridized carbons (Fsp3) is 0.238. The number of nitrogens with two attached hydrogens (primary N) is 1. The molecule has 0 saturated heterocycles. The van der Waals surface area contributed by atoms with Gasteiger partial charge in [0.25, 0.3) is 0 Å². The second-order valence-electron chi connectivity index (χ2n) is 7.26. The molecule has 1 heterocycles. The number of sulfonamides is 1. The van der Waals surface area contributed by atoms with Gasteiger partial charge >= 0.3 is 0 Å². The zero-order valence-corrected chi connectivity index (χ0v) is 20.4. The molecule has 0 aliphatic heterocycles. The topological polar surface area (TPSA) is 93.6 Å². The van der Waals surface area contributed by atoms with Crippen molar-refractivity contribution in [3.8, 4) is 0 Å². The molecule has 0 aliphatic carbocycles. The molecule has 2 N–H and O–H groups in total. The van der Waals surface area contributed by atoms with Crippen molar-refractivity contribution in [3.05, 3.63) is 81.8 Å². The molecule has 0 bridgehead atoms. The van der Waals surface area contributed by atoms with Gasteiger partial charge in [-0.3, -0.25) is 0 Å². The smallest absolute Gasteiger partial charge is 0.244 e. The molecule has 32 heavy (non-hydrogen) atoms. The molecule has 0 spiro atoms. The lowest BCUT2D eigenvalue weighted by molar-refractivity contribution is 0.575. The van der Waals surface area contributed by atoms with Crippen LogP contribution in [0.2, 0.25) is 15.1 Å². The van der Waals surface area contributed by atoms with E-state index in [1.165, 1.54) is 0 Å². The predicted molar refractivity (Wildman–Crippen MR) is 131 cm³/mol. The van der Waals surface area contributed by atoms with Crippen LogP contribution in [0.3, 0.4) is 0 Å². The number of rotatable bonds is 7. The van der Waals surface area contributed by atoms with Crippen LogP contribution in [0.15, 0.2) is 66.2 Å². The van der Waals surface area contributed by atoms with Gasteiger partial charge in [0.05, 0.1) is 29.9 Å². The van der Waals surface area contributed by atoms with Crippen molar-refractivity contribution in [1.82, 2.24) is 9.55 Å². The van der Waals surface area contributed by atoms with E-state index >= 15 is 0 Å². The number of halogens is 3. The highest BCUT2D eigenvalue weighted by molar-refractivity contribution is 7.94. The molecule has 0 radical (unpaired) electrons. The minimum atomic E-state index is -3.85. The minimum absolute atomic E-state index is 0.197. The van der Waals surface area contributed by atoms with Gasteiger partial charge < -0.3 is 10.3 Å². The Labute approximate surface area is 202 Å². The molecule has 1 unspecified atom stereocenters. The second kappa shape index (κ2) is 10.1. The summed E-state index contributed by atoms with van der Waals surface area (Å²) in [5, 5.41) is 0.599. The summed E-state index contributed by atoms with van der Waals surface area (Å²) in [6.45, 7) is 3.48. The maximum atomic E-state index is 13.2. The summed E-state index contributed by atoms with van der Waals surface area (Å²) >= 11 is 18.5. The normalized spacial score (nSPS) is 13.4. The Morgan fingerprint density at radius 2 is 1.78 bits per heavy atom. The van der Waals surface area contributed by atoms with Crippen LogP contribution >= 0.6 is 34.8 Å². The van der Waals surface area contributed by atoms with E-state index in [1.807, 2.05) is 0 Å². The largest absolute Gasteiger partial charge is 0.369 e. The van der Waals surface area contributed by atoms with Crippen molar-refractivity contribution in [2.75, 3.05) is 4.31 Å². The standard InChI is InChI=1S/C21H22Cl3N5O2S/c1-14(2)32(30,31)29(17-6-3-15(22)4-7-17)21(25)27-20(12-28-10-9-26-13-28)18-8-5-16(23)11-19(18)24/h3-11,13-14,20H,12H2,1-2H3,(H2,25,27). The molecule has 3 rings (SSSR count). The monoisotopic (exact) mass is 513 g/mol. The van der Waals surface area contributed by atoms with Crippen LogP contribution in [0.5, 0.6) is 0 Å². The highest BCUT2D eigenvalue weighted by Crippen LogP contribution is 2.31. The summed E-state index contributed by atoms with van der Waals surface area (Å²) < 4.78 is 29.2. The maximum absolute atomic E-state index is 13.2. The fourth-order valence-corrected chi connectivity index (χ4v) is 4.79. The Balaban J connectivity index is 2.12. The van der Waals surface area contributed by atoms with E-state index < -0.39 is 21.3 Å². The summed E-state index contributed by atoms with van der Waals surface area (Å²) in [5.74, 6) is -0.197. The number of hydrogen-bond donors (Lipinski definition) is 1. The second-order valence-corrected chi connectivity index (χ2v) is 10.9. The van der Waals surface area contributed by atoms with E-state index in [2.05, 4.69) is 9.98 Å². The number of imidazole rings is 1. The summed E-state index contributed by atoms with van der Waals surface area (Å²) in [6, 6.07) is 10.8. The highest BCUT2D eigenvalue weighted by atomic mass is 35.5. The van der Waals surface area contributed by atoms with Gasteiger partial charge in [0.15, 0.2) is 0 Å². The van der Waals surface area contributed by atoms with Gasteiger partial charge in [-0.25, -0.2) is 22.7 Å². The predicted octanol–water partition coefficient (Wildman–Crippen LogP) is 5.14. The van der Waals surface area contributed by atoms with Crippen LogP contribution in [0, 0.1) is 0 Å². The first-order valence-electron chi connectivity index (χ1n) is 9.63. The van der Waals surface area contributed by atoms with Crippen LogP contribution in [-0.4, -0.2) is 29.2 Å². The molecule has 7 nitrogen and oxygen atoms in total. The third kappa shape index (κ3) is 5.56. The Morgan fingerprint density at radius 3 is 2.34 bits per heavy atom. The molecule has 1 atom stereocenters. The first kappa shape index (κ1) is 24.4. The Morgan fingerprint density at radius 1 is 1.12 bits per heavy atom. The van der Waals surface area contributed by atoms with E-state index in [0.717, 1.165) is 4.31 Å². The van der Waals surface area contributed by atoms with Gasteiger partial charge in [0.1, 0.15) is 0 Å². The quantitative estimate of drug-likeness (QED) is 0.349. The van der Waals surface area contributed by atoms with Crippen LogP contribution in [-0.2, 0) is 16.6 Å². The zero-order chi connectivity index (χ0) is 23.5. The number of benzene rings is 2. The van der Waals surface area contributed by atoms with Gasteiger partial charge in [-0.15, -0.1) is 0 Å². The Hall–Kier alpha value is -2.26. The number of nitrogens with zero attached hydrogens (tertiary/aromatic N) is 4. The van der Waals surface area contributed by atoms with Crippen molar-refractivity contribution < 1.29 is 8.42 Å². The SMILES string of the molecule is CC(C)S(=O)(=O)N(C(N)=NC(Cn1ccnc1)c1ccc(Cl)cc1Cl)c1ccc(Cl)cc1. The van der Waals surface area contributed by atoms with Crippen LogP contribution < -0.4 is 10.0 Å². The molecular weight excluding hydrogens is 493 g/mol. The Bertz CT molecular complexity index is 1200. The van der Waals surface area contributed by atoms with Crippen molar-refractivity contribution in [2.45, 2.75) is 31.7 Å². The number of guanidine groups is 1. The summed E-state index contributed by atoms with van der Waals surface area (Å²) in [5.41, 5.74) is 7.30. The lowest BCUT2D eigenvalue weighted by Gasteiger charge is -2.27. The van der Waals surface area contributed by atoms with E-state index in [9.17, 15) is 8.42 Å². The van der Waals surface area contributed by atoms with Gasteiger partial charge in [-0.05, 0) is 55.8 Å². The molecule has 11 heteroatoms. The Kier molecular flexibility index (Phi) is 7.71. The average molecular weight is 515 g/mol. The molecule has 0 saturated carbocycles. The fourth-order valence-electron chi connectivity index (χ4n) is 2.98. The van der Waals surface area contributed by atoms with E-state index in [1.54, 1.807) is 79.6 Å². The first-order chi connectivity index (χ1) is 15.1. The molecule has 170 valence electrons. The van der Waals surface area contributed by atoms with Crippen molar-refractivity contribution in [3.63, 3.8) is 0 Å². The van der Waals surface area contributed by atoms with E-state index in [-0.39, 0.29) is 5.96 Å². The lowest BCUT2D eigenvalue weighted by Crippen LogP contribution is -2.45. The van der Waals surface area contributed by atoms with Crippen molar-refractivity contribution in [1.29, 1.82) is 0 Å². The zero-order valence-electron chi connectivity index (χ0n) is 17.4. The van der Waals surface area contributed by atoms with E-state index in [0.29, 0.717) is 32.9 Å². The summed E-state index contributed by atoms with van der Waals surface area (Å²) in [7, 11) is -3.85. The van der Waals surface area contributed by atoms with Gasteiger partial charge in [-0.2, -0.15) is 0 Å². The third-order valence-corrected chi connectivity index (χ3v) is 7.58. The van der Waals surface area contributed by atoms with E-state index in [4.69, 9.17) is 40.5 Å². The van der Waals surface area contributed by atoms with Gasteiger partial charge in [-0.1, -0.05) is 40.9 Å². The summed E-state index contributed by atoms with van der Waals surface area (Å²) in [6.07, 6.45) is 5.03. The number of anilines is 1. The maximum Gasteiger partial charge on any atom is 0.244 e. The lowest BCUT2D eigenvalue weighted by atomic mass is 10.1. The van der Waals surface area contributed by atoms with Crippen molar-refractivity contribution >= 4 is 56.5 Å². The molecule has 0 aliphatic rings.